The molecule has 0 radical (unpaired) electrons. The maximum atomic E-state index is 8.88. The Kier molecular flexibility index (Phi) is 4.13. The van der Waals surface area contributed by atoms with Crippen molar-refractivity contribution in [2.75, 3.05) is 13.1 Å². The van der Waals surface area contributed by atoms with Gasteiger partial charge in [-0.2, -0.15) is 5.26 Å². The predicted molar refractivity (Wildman–Crippen MR) is 68.3 cm³/mol. The zero-order chi connectivity index (χ0) is 12.1. The molecule has 0 bridgehead atoms. The fourth-order valence-electron chi connectivity index (χ4n) is 2.43. The molecule has 2 rings (SSSR count). The van der Waals surface area contributed by atoms with E-state index in [0.29, 0.717) is 18.5 Å². The summed E-state index contributed by atoms with van der Waals surface area (Å²) in [4.78, 5) is 2.44. The molecule has 0 aliphatic carbocycles. The summed E-state index contributed by atoms with van der Waals surface area (Å²) in [6.07, 6.45) is 0.601. The van der Waals surface area contributed by atoms with Crippen molar-refractivity contribution >= 4 is 0 Å². The van der Waals surface area contributed by atoms with E-state index < -0.39 is 0 Å². The van der Waals surface area contributed by atoms with Crippen LogP contribution in [0.2, 0.25) is 0 Å². The molecule has 0 spiro atoms. The fourth-order valence-corrected chi connectivity index (χ4v) is 2.43. The van der Waals surface area contributed by atoms with Crippen molar-refractivity contribution in [3.63, 3.8) is 0 Å². The molecule has 1 heterocycles. The van der Waals surface area contributed by atoms with Gasteiger partial charge in [0.1, 0.15) is 0 Å². The van der Waals surface area contributed by atoms with E-state index in [2.05, 4.69) is 47.5 Å². The first kappa shape index (κ1) is 12.1. The molecule has 2 atom stereocenters. The second-order valence-corrected chi connectivity index (χ2v) is 4.68. The summed E-state index contributed by atoms with van der Waals surface area (Å²) in [5.74, 6) is 0. The molecule has 1 fully saturated rings. The van der Waals surface area contributed by atoms with Crippen molar-refractivity contribution in [3.8, 4) is 6.07 Å². The van der Waals surface area contributed by atoms with Crippen LogP contribution in [-0.4, -0.2) is 30.1 Å². The molecule has 3 nitrogen and oxygen atoms in total. The lowest BCUT2D eigenvalue weighted by molar-refractivity contribution is 0.100. The van der Waals surface area contributed by atoms with Gasteiger partial charge in [-0.15, -0.1) is 0 Å². The molecular formula is C14H19N3. The first-order chi connectivity index (χ1) is 8.31. The molecule has 3 heteroatoms. The van der Waals surface area contributed by atoms with Crippen LogP contribution in [0, 0.1) is 11.3 Å². The molecule has 90 valence electrons. The van der Waals surface area contributed by atoms with E-state index in [1.54, 1.807) is 0 Å². The summed E-state index contributed by atoms with van der Waals surface area (Å²) in [6, 6.07) is 13.6. The molecule has 0 saturated carbocycles. The van der Waals surface area contributed by atoms with E-state index in [1.165, 1.54) is 5.56 Å². The second-order valence-electron chi connectivity index (χ2n) is 4.68. The summed E-state index contributed by atoms with van der Waals surface area (Å²) in [5.41, 5.74) is 1.32. The summed E-state index contributed by atoms with van der Waals surface area (Å²) in [7, 11) is 0. The average molecular weight is 229 g/mol. The highest BCUT2D eigenvalue weighted by Crippen LogP contribution is 2.16. The Morgan fingerprint density at radius 1 is 1.35 bits per heavy atom. The van der Waals surface area contributed by atoms with Crippen molar-refractivity contribution in [2.24, 2.45) is 0 Å². The molecule has 17 heavy (non-hydrogen) atoms. The third kappa shape index (κ3) is 3.06. The van der Waals surface area contributed by atoms with Gasteiger partial charge in [0, 0.05) is 31.7 Å². The summed E-state index contributed by atoms with van der Waals surface area (Å²) in [6.45, 7) is 5.09. The first-order valence-electron chi connectivity index (χ1n) is 6.18. The minimum Gasteiger partial charge on any atom is -0.314 e. The number of nitrogens with zero attached hydrogens (tertiary/aromatic N) is 2. The largest absolute Gasteiger partial charge is 0.314 e. The Morgan fingerprint density at radius 2 is 2.12 bits per heavy atom. The van der Waals surface area contributed by atoms with Gasteiger partial charge in [0.2, 0.25) is 0 Å². The summed E-state index contributed by atoms with van der Waals surface area (Å²) < 4.78 is 0. The van der Waals surface area contributed by atoms with Crippen LogP contribution in [0.4, 0.5) is 0 Å². The number of piperazine rings is 1. The van der Waals surface area contributed by atoms with Crippen molar-refractivity contribution < 1.29 is 0 Å². The van der Waals surface area contributed by atoms with Crippen LogP contribution in [0.15, 0.2) is 30.3 Å². The number of hydrogen-bond donors (Lipinski definition) is 1. The highest BCUT2D eigenvalue weighted by molar-refractivity contribution is 5.15. The van der Waals surface area contributed by atoms with Crippen LogP contribution in [0.3, 0.4) is 0 Å². The third-order valence-electron chi connectivity index (χ3n) is 3.39. The van der Waals surface area contributed by atoms with E-state index in [4.69, 9.17) is 5.26 Å². The number of hydrogen-bond acceptors (Lipinski definition) is 3. The van der Waals surface area contributed by atoms with Crippen molar-refractivity contribution in [2.45, 2.75) is 32.0 Å². The van der Waals surface area contributed by atoms with Crippen molar-refractivity contribution in [1.82, 2.24) is 10.2 Å². The van der Waals surface area contributed by atoms with Crippen LogP contribution in [0.25, 0.3) is 0 Å². The van der Waals surface area contributed by atoms with Crippen LogP contribution >= 0.6 is 0 Å². The van der Waals surface area contributed by atoms with Gasteiger partial charge in [0.15, 0.2) is 0 Å². The van der Waals surface area contributed by atoms with Crippen LogP contribution in [-0.2, 0) is 6.54 Å². The van der Waals surface area contributed by atoms with E-state index in [-0.39, 0.29) is 0 Å². The van der Waals surface area contributed by atoms with Gasteiger partial charge >= 0.3 is 0 Å². The zero-order valence-corrected chi connectivity index (χ0v) is 10.3. The van der Waals surface area contributed by atoms with Gasteiger partial charge in [-0.05, 0) is 12.5 Å². The number of rotatable bonds is 3. The molecule has 1 saturated heterocycles. The molecule has 1 aliphatic heterocycles. The molecule has 1 N–H and O–H groups in total. The molecule has 0 amide bonds. The van der Waals surface area contributed by atoms with E-state index in [0.717, 1.165) is 19.6 Å². The second kappa shape index (κ2) is 5.81. The Balaban J connectivity index is 2.07. The lowest BCUT2D eigenvalue weighted by Gasteiger charge is -2.40. The van der Waals surface area contributed by atoms with E-state index in [1.807, 2.05) is 6.07 Å². The smallest absolute Gasteiger partial charge is 0.0638 e. The number of nitriles is 1. The van der Waals surface area contributed by atoms with E-state index in [9.17, 15) is 0 Å². The number of nitrogens with one attached hydrogen (secondary N) is 1. The molecule has 1 aliphatic rings. The summed E-state index contributed by atoms with van der Waals surface area (Å²) in [5, 5.41) is 12.3. The Labute approximate surface area is 103 Å². The SMILES string of the molecule is CC1CNCC(CC#N)N1Cc1ccccc1. The standard InChI is InChI=1S/C14H19N3/c1-12-9-16-10-14(7-8-15)17(12)11-13-5-3-2-4-6-13/h2-6,12,14,16H,7,9-11H2,1H3. The normalized spacial score (nSPS) is 25.4. The zero-order valence-electron chi connectivity index (χ0n) is 10.3. The van der Waals surface area contributed by atoms with Crippen LogP contribution in [0.5, 0.6) is 0 Å². The van der Waals surface area contributed by atoms with Crippen molar-refractivity contribution in [3.05, 3.63) is 35.9 Å². The lowest BCUT2D eigenvalue weighted by Crippen LogP contribution is -2.55. The molecule has 1 aromatic carbocycles. The quantitative estimate of drug-likeness (QED) is 0.858. The topological polar surface area (TPSA) is 39.1 Å². The lowest BCUT2D eigenvalue weighted by atomic mass is 10.0. The Hall–Kier alpha value is -1.37. The third-order valence-corrected chi connectivity index (χ3v) is 3.39. The Bertz CT molecular complexity index is 382. The van der Waals surface area contributed by atoms with Crippen LogP contribution in [0.1, 0.15) is 18.9 Å². The van der Waals surface area contributed by atoms with Crippen molar-refractivity contribution in [1.29, 1.82) is 5.26 Å². The highest BCUT2D eigenvalue weighted by atomic mass is 15.2. The maximum Gasteiger partial charge on any atom is 0.0638 e. The highest BCUT2D eigenvalue weighted by Gasteiger charge is 2.27. The van der Waals surface area contributed by atoms with Gasteiger partial charge in [0.05, 0.1) is 12.5 Å². The van der Waals surface area contributed by atoms with Gasteiger partial charge < -0.3 is 5.32 Å². The first-order valence-corrected chi connectivity index (χ1v) is 6.18. The monoisotopic (exact) mass is 229 g/mol. The average Bonchev–Trinajstić information content (AvgIpc) is 2.35. The Morgan fingerprint density at radius 3 is 2.82 bits per heavy atom. The minimum atomic E-state index is 0.337. The van der Waals surface area contributed by atoms with E-state index >= 15 is 0 Å². The minimum absolute atomic E-state index is 0.337. The fraction of sp³-hybridized carbons (Fsp3) is 0.500. The molecular weight excluding hydrogens is 210 g/mol. The predicted octanol–water partition coefficient (Wildman–Crippen LogP) is 1.76. The molecule has 2 unspecified atom stereocenters. The van der Waals surface area contributed by atoms with Gasteiger partial charge in [-0.3, -0.25) is 4.90 Å². The van der Waals surface area contributed by atoms with Gasteiger partial charge in [0.25, 0.3) is 0 Å². The molecule has 0 aromatic heterocycles. The summed E-state index contributed by atoms with van der Waals surface area (Å²) >= 11 is 0. The van der Waals surface area contributed by atoms with Gasteiger partial charge in [-0.1, -0.05) is 30.3 Å². The van der Waals surface area contributed by atoms with Gasteiger partial charge in [-0.25, -0.2) is 0 Å². The molecule has 1 aromatic rings. The maximum absolute atomic E-state index is 8.88. The number of benzene rings is 1. The van der Waals surface area contributed by atoms with Crippen LogP contribution < -0.4 is 5.32 Å².